The molecule has 2 N–H and O–H groups in total. The minimum absolute atomic E-state index is 0.00437. The average Bonchev–Trinajstić information content (AvgIpc) is 2.44. The highest BCUT2D eigenvalue weighted by Crippen LogP contribution is 2.12. The lowest BCUT2D eigenvalue weighted by molar-refractivity contribution is -0.121. The van der Waals surface area contributed by atoms with Crippen LogP contribution >= 0.6 is 0 Å². The highest BCUT2D eigenvalue weighted by molar-refractivity contribution is 5.98. The normalized spacial score (nSPS) is 13.5. The summed E-state index contributed by atoms with van der Waals surface area (Å²) in [5.41, 5.74) is 2.90. The fourth-order valence-electron chi connectivity index (χ4n) is 2.33. The monoisotopic (exact) mass is 305 g/mol. The molecule has 0 aromatic heterocycles. The zero-order valence-electron chi connectivity index (χ0n) is 14.0. The second-order valence-electron chi connectivity index (χ2n) is 6.22. The van der Waals surface area contributed by atoms with Crippen LogP contribution in [0.25, 0.3) is 0 Å². The highest BCUT2D eigenvalue weighted by Gasteiger charge is 2.12. The van der Waals surface area contributed by atoms with Crippen molar-refractivity contribution in [2.75, 3.05) is 6.54 Å². The molecule has 0 aliphatic heterocycles. The minimum atomic E-state index is -0.363. The Kier molecular flexibility index (Phi) is 7.25. The number of carbonyl (C=O) groups excluding carboxylic acids is 2. The van der Waals surface area contributed by atoms with Crippen LogP contribution in [0.5, 0.6) is 0 Å². The summed E-state index contributed by atoms with van der Waals surface area (Å²) in [5, 5.41) is 12.1. The summed E-state index contributed by atoms with van der Waals surface area (Å²) in [5.74, 6) is 0.101. The lowest BCUT2D eigenvalue weighted by atomic mass is 10.0. The van der Waals surface area contributed by atoms with Crippen LogP contribution in [0, 0.1) is 19.8 Å². The fraction of sp³-hybridized carbons (Fsp3) is 0.556. The van der Waals surface area contributed by atoms with Crippen molar-refractivity contribution in [2.45, 2.75) is 53.1 Å². The maximum atomic E-state index is 12.1. The van der Waals surface area contributed by atoms with Crippen molar-refractivity contribution in [2.24, 2.45) is 5.92 Å². The number of amides is 1. The molecule has 122 valence electrons. The third-order valence-electron chi connectivity index (χ3n) is 3.80. The highest BCUT2D eigenvalue weighted by atomic mass is 16.3. The number of hydrogen-bond donors (Lipinski definition) is 2. The van der Waals surface area contributed by atoms with E-state index in [1.165, 1.54) is 0 Å². The molecule has 4 heteroatoms. The first kappa shape index (κ1) is 18.4. The number of carbonyl (C=O) groups is 2. The van der Waals surface area contributed by atoms with E-state index in [4.69, 9.17) is 0 Å². The Bertz CT molecular complexity index is 523. The molecule has 0 saturated heterocycles. The molecule has 0 spiro atoms. The number of aryl methyl sites for hydroxylation is 2. The first-order valence-corrected chi connectivity index (χ1v) is 7.84. The zero-order valence-corrected chi connectivity index (χ0v) is 14.0. The van der Waals surface area contributed by atoms with Crippen molar-refractivity contribution in [3.8, 4) is 0 Å². The number of aliphatic hydroxyl groups is 1. The molecule has 0 radical (unpaired) electrons. The minimum Gasteiger partial charge on any atom is -0.393 e. The van der Waals surface area contributed by atoms with Crippen LogP contribution in [-0.4, -0.2) is 29.4 Å². The van der Waals surface area contributed by atoms with Crippen LogP contribution in [0.1, 0.15) is 54.6 Å². The van der Waals surface area contributed by atoms with Crippen molar-refractivity contribution < 1.29 is 14.7 Å². The van der Waals surface area contributed by atoms with Gasteiger partial charge in [-0.3, -0.25) is 9.59 Å². The van der Waals surface area contributed by atoms with Gasteiger partial charge in [0.15, 0.2) is 5.78 Å². The molecule has 1 aromatic carbocycles. The Morgan fingerprint density at radius 2 is 1.82 bits per heavy atom. The molecule has 2 atom stereocenters. The Hall–Kier alpha value is -1.68. The van der Waals surface area contributed by atoms with Crippen molar-refractivity contribution in [3.05, 3.63) is 34.9 Å². The van der Waals surface area contributed by atoms with Crippen molar-refractivity contribution in [1.82, 2.24) is 5.32 Å². The predicted octanol–water partition coefficient (Wildman–Crippen LogP) is 2.79. The van der Waals surface area contributed by atoms with E-state index in [9.17, 15) is 14.7 Å². The van der Waals surface area contributed by atoms with Gasteiger partial charge in [0.05, 0.1) is 6.10 Å². The Morgan fingerprint density at radius 3 is 2.41 bits per heavy atom. The third-order valence-corrected chi connectivity index (χ3v) is 3.80. The van der Waals surface area contributed by atoms with E-state index in [1.54, 1.807) is 6.92 Å². The quantitative estimate of drug-likeness (QED) is 0.726. The summed E-state index contributed by atoms with van der Waals surface area (Å²) >= 11 is 0. The van der Waals surface area contributed by atoms with Crippen LogP contribution in [0.4, 0.5) is 0 Å². The number of rotatable bonds is 8. The first-order chi connectivity index (χ1) is 10.3. The Labute approximate surface area is 132 Å². The molecule has 1 aromatic rings. The molecule has 0 fully saturated rings. The predicted molar refractivity (Wildman–Crippen MR) is 88.0 cm³/mol. The van der Waals surface area contributed by atoms with Crippen LogP contribution < -0.4 is 5.32 Å². The van der Waals surface area contributed by atoms with E-state index in [0.717, 1.165) is 11.1 Å². The molecular weight excluding hydrogens is 278 g/mol. The lowest BCUT2D eigenvalue weighted by Gasteiger charge is -2.14. The topological polar surface area (TPSA) is 66.4 Å². The molecule has 22 heavy (non-hydrogen) atoms. The van der Waals surface area contributed by atoms with Gasteiger partial charge in [-0.25, -0.2) is 0 Å². The molecule has 0 heterocycles. The molecular formula is C18H27NO3. The summed E-state index contributed by atoms with van der Waals surface area (Å²) in [6, 6.07) is 5.62. The molecule has 4 nitrogen and oxygen atoms in total. The number of benzene rings is 1. The molecule has 0 bridgehead atoms. The van der Waals surface area contributed by atoms with Gasteiger partial charge in [0.2, 0.25) is 5.91 Å². The van der Waals surface area contributed by atoms with Gasteiger partial charge in [0.25, 0.3) is 0 Å². The lowest BCUT2D eigenvalue weighted by Crippen LogP contribution is -2.29. The van der Waals surface area contributed by atoms with E-state index < -0.39 is 0 Å². The van der Waals surface area contributed by atoms with Crippen molar-refractivity contribution >= 4 is 11.7 Å². The summed E-state index contributed by atoms with van der Waals surface area (Å²) in [6.45, 7) is 8.23. The largest absolute Gasteiger partial charge is 0.393 e. The number of aliphatic hydroxyl groups excluding tert-OH is 1. The summed E-state index contributed by atoms with van der Waals surface area (Å²) in [7, 11) is 0. The number of hydrogen-bond acceptors (Lipinski definition) is 3. The van der Waals surface area contributed by atoms with E-state index in [1.807, 2.05) is 39.0 Å². The van der Waals surface area contributed by atoms with E-state index >= 15 is 0 Å². The van der Waals surface area contributed by atoms with Crippen molar-refractivity contribution in [3.63, 3.8) is 0 Å². The van der Waals surface area contributed by atoms with Gasteiger partial charge in [-0.05, 0) is 50.3 Å². The van der Waals surface area contributed by atoms with Crippen LogP contribution in [0.2, 0.25) is 0 Å². The maximum absolute atomic E-state index is 12.1. The van der Waals surface area contributed by atoms with Gasteiger partial charge >= 0.3 is 0 Å². The Balaban J connectivity index is 2.37. The smallest absolute Gasteiger partial charge is 0.220 e. The molecule has 0 aliphatic rings. The summed E-state index contributed by atoms with van der Waals surface area (Å²) < 4.78 is 0. The maximum Gasteiger partial charge on any atom is 0.220 e. The summed E-state index contributed by atoms with van der Waals surface area (Å²) in [6.07, 6.45) is 0.715. The van der Waals surface area contributed by atoms with E-state index in [2.05, 4.69) is 5.32 Å². The average molecular weight is 305 g/mol. The number of Topliss-reactive ketones (excluding diaryl/α,β-unsaturated/α-hetero) is 1. The van der Waals surface area contributed by atoms with Gasteiger partial charge in [-0.1, -0.05) is 19.1 Å². The van der Waals surface area contributed by atoms with Gasteiger partial charge in [0.1, 0.15) is 0 Å². The standard InChI is InChI=1S/C18H27NO3/c1-12(9-15(4)20)11-19-18(22)8-7-17(21)16-6-5-13(2)14(3)10-16/h5-6,10,12,15,20H,7-9,11H2,1-4H3,(H,19,22). The molecule has 2 unspecified atom stereocenters. The van der Waals surface area contributed by atoms with Crippen LogP contribution in [0.15, 0.2) is 18.2 Å². The van der Waals surface area contributed by atoms with Crippen molar-refractivity contribution in [1.29, 1.82) is 0 Å². The van der Waals surface area contributed by atoms with E-state index in [-0.39, 0.29) is 36.6 Å². The van der Waals surface area contributed by atoms with Gasteiger partial charge in [0, 0.05) is 24.9 Å². The second-order valence-corrected chi connectivity index (χ2v) is 6.22. The van der Waals surface area contributed by atoms with Crippen LogP contribution in [0.3, 0.4) is 0 Å². The van der Waals surface area contributed by atoms with Gasteiger partial charge < -0.3 is 10.4 Å². The molecule has 1 amide bonds. The van der Waals surface area contributed by atoms with Gasteiger partial charge in [-0.2, -0.15) is 0 Å². The molecule has 0 saturated carbocycles. The number of nitrogens with one attached hydrogen (secondary N) is 1. The third kappa shape index (κ3) is 6.39. The SMILES string of the molecule is Cc1ccc(C(=O)CCC(=O)NCC(C)CC(C)O)cc1C. The van der Waals surface area contributed by atoms with E-state index in [0.29, 0.717) is 18.5 Å². The fourth-order valence-corrected chi connectivity index (χ4v) is 2.33. The summed E-state index contributed by atoms with van der Waals surface area (Å²) in [4.78, 5) is 23.8. The van der Waals surface area contributed by atoms with Crippen LogP contribution in [-0.2, 0) is 4.79 Å². The van der Waals surface area contributed by atoms with Gasteiger partial charge in [-0.15, -0.1) is 0 Å². The molecule has 1 rings (SSSR count). The molecule has 0 aliphatic carbocycles. The number of ketones is 1. The zero-order chi connectivity index (χ0) is 16.7. The second kappa shape index (κ2) is 8.69. The first-order valence-electron chi connectivity index (χ1n) is 7.84. The Morgan fingerprint density at radius 1 is 1.14 bits per heavy atom.